The molecule has 0 amide bonds. The number of benzene rings is 8. The van der Waals surface area contributed by atoms with E-state index in [9.17, 15) is 0 Å². The standard InChI is InChI=1S/C51H33N3/c1-4-16-34(17-5-1)36-28-30-47-41(32-36)42-33-38(51(37-20-8-3-9-21-37)43-24-12-10-22-39(43)40-23-11-13-25-44(40)51)29-31-48(42)54(47)50-49(35-18-6-2-7-19-35)52-45-26-14-15-27-46(45)53-50/h1-33H. The van der Waals surface area contributed by atoms with Crippen LogP contribution in [0.5, 0.6) is 0 Å². The van der Waals surface area contributed by atoms with E-state index in [1.165, 1.54) is 55.3 Å². The highest BCUT2D eigenvalue weighted by Crippen LogP contribution is 2.56. The van der Waals surface area contributed by atoms with Crippen molar-refractivity contribution in [3.8, 4) is 39.3 Å². The van der Waals surface area contributed by atoms with Crippen molar-refractivity contribution in [1.82, 2.24) is 14.5 Å². The number of hydrogen-bond acceptors (Lipinski definition) is 2. The molecule has 0 spiro atoms. The van der Waals surface area contributed by atoms with Crippen LogP contribution in [0.1, 0.15) is 22.3 Å². The monoisotopic (exact) mass is 687 g/mol. The van der Waals surface area contributed by atoms with Crippen molar-refractivity contribution >= 4 is 32.8 Å². The molecule has 0 unspecified atom stereocenters. The molecule has 2 heterocycles. The molecule has 3 nitrogen and oxygen atoms in total. The topological polar surface area (TPSA) is 30.7 Å². The summed E-state index contributed by atoms with van der Waals surface area (Å²) in [6.45, 7) is 0. The van der Waals surface area contributed by atoms with E-state index in [1.807, 2.05) is 24.3 Å². The molecule has 0 aliphatic heterocycles. The zero-order valence-electron chi connectivity index (χ0n) is 29.4. The van der Waals surface area contributed by atoms with Gasteiger partial charge in [0.05, 0.1) is 27.5 Å². The molecule has 54 heavy (non-hydrogen) atoms. The first-order valence-corrected chi connectivity index (χ1v) is 18.5. The van der Waals surface area contributed by atoms with Crippen LogP contribution in [0, 0.1) is 0 Å². The molecule has 3 heteroatoms. The zero-order valence-corrected chi connectivity index (χ0v) is 29.4. The molecule has 0 bridgehead atoms. The molecule has 0 N–H and O–H groups in total. The van der Waals surface area contributed by atoms with Crippen molar-refractivity contribution in [2.75, 3.05) is 0 Å². The Morgan fingerprint density at radius 2 is 0.889 bits per heavy atom. The van der Waals surface area contributed by atoms with Gasteiger partial charge in [0.1, 0.15) is 5.69 Å². The first kappa shape index (κ1) is 30.5. The van der Waals surface area contributed by atoms with Crippen LogP contribution in [0.3, 0.4) is 0 Å². The Morgan fingerprint density at radius 1 is 0.370 bits per heavy atom. The second-order valence-corrected chi connectivity index (χ2v) is 14.1. The number of nitrogens with zero attached hydrogens (tertiary/aromatic N) is 3. The lowest BCUT2D eigenvalue weighted by Gasteiger charge is -2.34. The molecule has 1 aliphatic rings. The molecule has 1 aliphatic carbocycles. The molecule has 0 radical (unpaired) electrons. The van der Waals surface area contributed by atoms with Crippen LogP contribution in [-0.2, 0) is 5.41 Å². The summed E-state index contributed by atoms with van der Waals surface area (Å²) in [5.41, 5.74) is 15.3. The number of rotatable bonds is 5. The van der Waals surface area contributed by atoms with E-state index in [2.05, 4.69) is 180 Å². The van der Waals surface area contributed by atoms with Gasteiger partial charge in [0.25, 0.3) is 0 Å². The van der Waals surface area contributed by atoms with Crippen LogP contribution >= 0.6 is 0 Å². The van der Waals surface area contributed by atoms with E-state index in [4.69, 9.17) is 9.97 Å². The van der Waals surface area contributed by atoms with E-state index < -0.39 is 5.41 Å². The Hall–Kier alpha value is -7.10. The number of aromatic nitrogens is 3. The Bertz CT molecular complexity index is 2990. The van der Waals surface area contributed by atoms with Gasteiger partial charge < -0.3 is 0 Å². The summed E-state index contributed by atoms with van der Waals surface area (Å²) in [4.78, 5) is 10.7. The minimum absolute atomic E-state index is 0.508. The summed E-state index contributed by atoms with van der Waals surface area (Å²) >= 11 is 0. The Morgan fingerprint density at radius 3 is 1.56 bits per heavy atom. The molecule has 0 fully saturated rings. The predicted molar refractivity (Wildman–Crippen MR) is 222 cm³/mol. The predicted octanol–water partition coefficient (Wildman–Crippen LogP) is 12.4. The van der Waals surface area contributed by atoms with Crippen molar-refractivity contribution in [3.05, 3.63) is 222 Å². The van der Waals surface area contributed by atoms with Gasteiger partial charge in [-0.2, -0.15) is 0 Å². The van der Waals surface area contributed by atoms with Crippen molar-refractivity contribution in [3.63, 3.8) is 0 Å². The number of hydrogen-bond donors (Lipinski definition) is 0. The third-order valence-electron chi connectivity index (χ3n) is 11.3. The zero-order chi connectivity index (χ0) is 35.6. The molecule has 0 saturated carbocycles. The number of para-hydroxylation sites is 2. The van der Waals surface area contributed by atoms with Crippen LogP contribution in [0.2, 0.25) is 0 Å². The lowest BCUT2D eigenvalue weighted by atomic mass is 9.67. The van der Waals surface area contributed by atoms with Gasteiger partial charge in [0.2, 0.25) is 0 Å². The van der Waals surface area contributed by atoms with Crippen LogP contribution in [-0.4, -0.2) is 14.5 Å². The summed E-state index contributed by atoms with van der Waals surface area (Å²) in [5.74, 6) is 0.814. The molecule has 8 aromatic carbocycles. The molecule has 10 aromatic rings. The van der Waals surface area contributed by atoms with Crippen molar-refractivity contribution in [1.29, 1.82) is 0 Å². The van der Waals surface area contributed by atoms with Crippen molar-refractivity contribution in [2.45, 2.75) is 5.41 Å². The van der Waals surface area contributed by atoms with Gasteiger partial charge in [-0.25, -0.2) is 9.97 Å². The lowest BCUT2D eigenvalue weighted by molar-refractivity contribution is 0.770. The highest BCUT2D eigenvalue weighted by molar-refractivity contribution is 6.11. The molecule has 11 rings (SSSR count). The summed E-state index contributed by atoms with van der Waals surface area (Å²) in [6.07, 6.45) is 0. The fourth-order valence-electron chi connectivity index (χ4n) is 8.94. The fraction of sp³-hybridized carbons (Fsp3) is 0.0196. The van der Waals surface area contributed by atoms with Crippen LogP contribution in [0.4, 0.5) is 0 Å². The minimum atomic E-state index is -0.508. The van der Waals surface area contributed by atoms with E-state index >= 15 is 0 Å². The molecule has 0 atom stereocenters. The van der Waals surface area contributed by atoms with Gasteiger partial charge in [-0.1, -0.05) is 164 Å². The minimum Gasteiger partial charge on any atom is -0.292 e. The second-order valence-electron chi connectivity index (χ2n) is 14.1. The largest absolute Gasteiger partial charge is 0.292 e. The van der Waals surface area contributed by atoms with Gasteiger partial charge in [0.15, 0.2) is 5.82 Å². The summed E-state index contributed by atoms with van der Waals surface area (Å²) < 4.78 is 2.33. The average Bonchev–Trinajstić information content (AvgIpc) is 3.74. The molecular formula is C51H33N3. The summed E-state index contributed by atoms with van der Waals surface area (Å²) in [7, 11) is 0. The molecular weight excluding hydrogens is 655 g/mol. The quantitative estimate of drug-likeness (QED) is 0.180. The van der Waals surface area contributed by atoms with Gasteiger partial charge in [-0.05, 0) is 80.9 Å². The van der Waals surface area contributed by atoms with E-state index in [-0.39, 0.29) is 0 Å². The second kappa shape index (κ2) is 12.0. The highest BCUT2D eigenvalue weighted by atomic mass is 15.1. The molecule has 2 aromatic heterocycles. The third kappa shape index (κ3) is 4.42. The Kier molecular flexibility index (Phi) is 6.77. The van der Waals surface area contributed by atoms with Crippen LogP contribution in [0.25, 0.3) is 72.2 Å². The van der Waals surface area contributed by atoms with E-state index in [1.54, 1.807) is 0 Å². The fourth-order valence-corrected chi connectivity index (χ4v) is 8.94. The maximum atomic E-state index is 5.40. The maximum absolute atomic E-state index is 5.40. The molecule has 0 saturated heterocycles. The SMILES string of the molecule is c1ccc(-c2ccc3c(c2)c2cc(C4(c5ccccc5)c5ccccc5-c5ccccc54)ccc2n3-c2nc3ccccc3nc2-c2ccccc2)cc1. The Labute approximate surface area is 313 Å². The van der Waals surface area contributed by atoms with Gasteiger partial charge >= 0.3 is 0 Å². The van der Waals surface area contributed by atoms with Gasteiger partial charge in [-0.15, -0.1) is 0 Å². The number of fused-ring (bicyclic) bond motifs is 7. The lowest BCUT2D eigenvalue weighted by Crippen LogP contribution is -2.28. The average molecular weight is 688 g/mol. The van der Waals surface area contributed by atoms with Gasteiger partial charge in [-0.3, -0.25) is 4.57 Å². The Balaban J connectivity index is 1.27. The smallest absolute Gasteiger partial charge is 0.165 e. The molecule has 252 valence electrons. The third-order valence-corrected chi connectivity index (χ3v) is 11.3. The van der Waals surface area contributed by atoms with Gasteiger partial charge in [0, 0.05) is 16.3 Å². The first-order valence-electron chi connectivity index (χ1n) is 18.5. The maximum Gasteiger partial charge on any atom is 0.165 e. The van der Waals surface area contributed by atoms with Crippen LogP contribution in [0.15, 0.2) is 200 Å². The van der Waals surface area contributed by atoms with Crippen molar-refractivity contribution < 1.29 is 0 Å². The van der Waals surface area contributed by atoms with E-state index in [0.717, 1.165) is 39.1 Å². The highest BCUT2D eigenvalue weighted by Gasteiger charge is 2.46. The van der Waals surface area contributed by atoms with Crippen LogP contribution < -0.4 is 0 Å². The summed E-state index contributed by atoms with van der Waals surface area (Å²) in [6, 6.07) is 72.1. The summed E-state index contributed by atoms with van der Waals surface area (Å²) in [5, 5.41) is 2.34. The van der Waals surface area contributed by atoms with Crippen molar-refractivity contribution in [2.24, 2.45) is 0 Å². The first-order chi connectivity index (χ1) is 26.8. The van der Waals surface area contributed by atoms with E-state index in [0.29, 0.717) is 0 Å². The normalized spacial score (nSPS) is 13.0.